The molecule has 0 amide bonds. The highest BCUT2D eigenvalue weighted by molar-refractivity contribution is 9.10. The fourth-order valence-electron chi connectivity index (χ4n) is 3.31. The van der Waals surface area contributed by atoms with Crippen LogP contribution in [0.3, 0.4) is 0 Å². The van der Waals surface area contributed by atoms with Crippen LogP contribution in [0.5, 0.6) is 0 Å². The molecule has 0 aliphatic carbocycles. The maximum absolute atomic E-state index is 6.33. The standard InChI is InChI=1S/C22H27BrClN3O/c1-14(2)18-11-22(27-21-5-4-17(23)10-20(21)24)26-13-19(18)15(3)25-12-16-6-8-28-9-7-16/h4-5,10-11,13-14,16,25H,3,6-9,12H2,1-2H3,(H,26,27). The van der Waals surface area contributed by atoms with E-state index in [0.29, 0.717) is 16.9 Å². The molecule has 150 valence electrons. The maximum atomic E-state index is 6.33. The van der Waals surface area contributed by atoms with E-state index in [1.54, 1.807) is 0 Å². The second-order valence-electron chi connectivity index (χ2n) is 7.48. The summed E-state index contributed by atoms with van der Waals surface area (Å²) in [5, 5.41) is 7.48. The highest BCUT2D eigenvalue weighted by Gasteiger charge is 2.16. The van der Waals surface area contributed by atoms with Crippen LogP contribution < -0.4 is 10.6 Å². The van der Waals surface area contributed by atoms with Crippen molar-refractivity contribution >= 4 is 44.7 Å². The quantitative estimate of drug-likeness (QED) is 0.501. The number of nitrogens with one attached hydrogen (secondary N) is 2. The molecule has 1 aliphatic heterocycles. The Bertz CT molecular complexity index is 835. The van der Waals surface area contributed by atoms with Crippen LogP contribution in [0.25, 0.3) is 5.70 Å². The molecule has 1 aromatic heterocycles. The van der Waals surface area contributed by atoms with Crippen LogP contribution in [-0.4, -0.2) is 24.7 Å². The lowest BCUT2D eigenvalue weighted by atomic mass is 9.96. The Kier molecular flexibility index (Phi) is 7.38. The number of benzene rings is 1. The largest absolute Gasteiger partial charge is 0.385 e. The number of halogens is 2. The van der Waals surface area contributed by atoms with E-state index < -0.39 is 0 Å². The zero-order valence-electron chi connectivity index (χ0n) is 16.4. The Labute approximate surface area is 180 Å². The third-order valence-electron chi connectivity index (χ3n) is 5.02. The lowest BCUT2D eigenvalue weighted by Gasteiger charge is -2.24. The molecule has 1 aromatic carbocycles. The Hall–Kier alpha value is -1.56. The first kappa shape index (κ1) is 21.2. The number of ether oxygens (including phenoxy) is 1. The van der Waals surface area contributed by atoms with Crippen LogP contribution in [0.2, 0.25) is 5.02 Å². The van der Waals surface area contributed by atoms with Gasteiger partial charge in [-0.1, -0.05) is 48.0 Å². The minimum atomic E-state index is 0.348. The minimum absolute atomic E-state index is 0.348. The summed E-state index contributed by atoms with van der Waals surface area (Å²) in [7, 11) is 0. The van der Waals surface area contributed by atoms with Crippen molar-refractivity contribution in [3.8, 4) is 0 Å². The van der Waals surface area contributed by atoms with Gasteiger partial charge >= 0.3 is 0 Å². The predicted molar refractivity (Wildman–Crippen MR) is 121 cm³/mol. The van der Waals surface area contributed by atoms with Crippen molar-refractivity contribution < 1.29 is 4.74 Å². The SMILES string of the molecule is C=C(NCC1CCOCC1)c1cnc(Nc2ccc(Br)cc2Cl)cc1C(C)C. The van der Waals surface area contributed by atoms with E-state index in [1.165, 1.54) is 5.56 Å². The Morgan fingerprint density at radius 3 is 2.75 bits per heavy atom. The molecule has 0 saturated carbocycles. The molecular formula is C22H27BrClN3O. The minimum Gasteiger partial charge on any atom is -0.385 e. The van der Waals surface area contributed by atoms with E-state index in [1.807, 2.05) is 24.4 Å². The molecule has 0 bridgehead atoms. The maximum Gasteiger partial charge on any atom is 0.130 e. The lowest BCUT2D eigenvalue weighted by molar-refractivity contribution is 0.0674. The van der Waals surface area contributed by atoms with Gasteiger partial charge in [-0.15, -0.1) is 0 Å². The summed E-state index contributed by atoms with van der Waals surface area (Å²) in [5.74, 6) is 1.76. The van der Waals surface area contributed by atoms with E-state index in [-0.39, 0.29) is 0 Å². The molecule has 1 fully saturated rings. The van der Waals surface area contributed by atoms with Crippen LogP contribution in [0.15, 0.2) is 41.5 Å². The molecule has 28 heavy (non-hydrogen) atoms. The number of hydrogen-bond donors (Lipinski definition) is 2. The molecule has 2 N–H and O–H groups in total. The third-order valence-corrected chi connectivity index (χ3v) is 5.83. The predicted octanol–water partition coefficient (Wildman–Crippen LogP) is 6.35. The van der Waals surface area contributed by atoms with Crippen LogP contribution in [0, 0.1) is 5.92 Å². The molecule has 2 aromatic rings. The van der Waals surface area contributed by atoms with Crippen molar-refractivity contribution in [1.29, 1.82) is 0 Å². The number of anilines is 2. The van der Waals surface area contributed by atoms with Gasteiger partial charge in [0.15, 0.2) is 0 Å². The van der Waals surface area contributed by atoms with Crippen molar-refractivity contribution in [1.82, 2.24) is 10.3 Å². The van der Waals surface area contributed by atoms with Gasteiger partial charge in [0.2, 0.25) is 0 Å². The summed E-state index contributed by atoms with van der Waals surface area (Å²) in [5.41, 5.74) is 4.02. The lowest BCUT2D eigenvalue weighted by Crippen LogP contribution is -2.27. The molecule has 0 spiro atoms. The zero-order valence-corrected chi connectivity index (χ0v) is 18.7. The highest BCUT2D eigenvalue weighted by Crippen LogP contribution is 2.31. The van der Waals surface area contributed by atoms with E-state index in [9.17, 15) is 0 Å². The summed E-state index contributed by atoms with van der Waals surface area (Å²) in [6.07, 6.45) is 4.10. The molecule has 0 unspecified atom stereocenters. The summed E-state index contributed by atoms with van der Waals surface area (Å²) < 4.78 is 6.38. The van der Waals surface area contributed by atoms with Crippen LogP contribution in [0.1, 0.15) is 43.7 Å². The Morgan fingerprint density at radius 2 is 2.07 bits per heavy atom. The average Bonchev–Trinajstić information content (AvgIpc) is 2.69. The highest BCUT2D eigenvalue weighted by atomic mass is 79.9. The topological polar surface area (TPSA) is 46.2 Å². The smallest absolute Gasteiger partial charge is 0.130 e. The number of nitrogens with zero attached hydrogens (tertiary/aromatic N) is 1. The van der Waals surface area contributed by atoms with Crippen molar-refractivity contribution in [2.45, 2.75) is 32.6 Å². The van der Waals surface area contributed by atoms with Crippen molar-refractivity contribution in [3.05, 3.63) is 57.7 Å². The van der Waals surface area contributed by atoms with Gasteiger partial charge in [-0.25, -0.2) is 4.98 Å². The Morgan fingerprint density at radius 1 is 1.32 bits per heavy atom. The number of rotatable bonds is 7. The van der Waals surface area contributed by atoms with Crippen molar-refractivity contribution in [2.75, 3.05) is 25.1 Å². The van der Waals surface area contributed by atoms with Gasteiger partial charge in [0, 0.05) is 41.7 Å². The van der Waals surface area contributed by atoms with Crippen LogP contribution >= 0.6 is 27.5 Å². The third kappa shape index (κ3) is 5.49. The molecule has 1 aliphatic rings. The van der Waals surface area contributed by atoms with Gasteiger partial charge in [0.05, 0.1) is 10.7 Å². The first-order valence-electron chi connectivity index (χ1n) is 9.67. The normalized spacial score (nSPS) is 14.9. The molecule has 4 nitrogen and oxygen atoms in total. The molecule has 2 heterocycles. The molecule has 1 saturated heterocycles. The second-order valence-corrected chi connectivity index (χ2v) is 8.80. The molecule has 0 radical (unpaired) electrons. The van der Waals surface area contributed by atoms with Gasteiger partial charge in [-0.05, 0) is 54.5 Å². The van der Waals surface area contributed by atoms with Gasteiger partial charge in [-0.3, -0.25) is 0 Å². The molecular weight excluding hydrogens is 438 g/mol. The summed E-state index contributed by atoms with van der Waals surface area (Å²) in [4.78, 5) is 4.59. The zero-order chi connectivity index (χ0) is 20.1. The summed E-state index contributed by atoms with van der Waals surface area (Å²) in [6.45, 7) is 11.3. The fraction of sp³-hybridized carbons (Fsp3) is 0.409. The Balaban J connectivity index is 1.73. The van der Waals surface area contributed by atoms with E-state index in [4.69, 9.17) is 16.3 Å². The first-order valence-corrected chi connectivity index (χ1v) is 10.8. The van der Waals surface area contributed by atoms with Gasteiger partial charge in [0.1, 0.15) is 5.82 Å². The molecule has 0 atom stereocenters. The first-order chi connectivity index (χ1) is 13.4. The molecule has 6 heteroatoms. The number of pyridine rings is 1. The monoisotopic (exact) mass is 463 g/mol. The van der Waals surface area contributed by atoms with E-state index >= 15 is 0 Å². The van der Waals surface area contributed by atoms with E-state index in [0.717, 1.165) is 59.8 Å². The van der Waals surface area contributed by atoms with Crippen molar-refractivity contribution in [3.63, 3.8) is 0 Å². The fourth-order valence-corrected chi connectivity index (χ4v) is 4.03. The number of hydrogen-bond acceptors (Lipinski definition) is 4. The number of aromatic nitrogens is 1. The molecule has 3 rings (SSSR count). The van der Waals surface area contributed by atoms with Crippen molar-refractivity contribution in [2.24, 2.45) is 5.92 Å². The van der Waals surface area contributed by atoms with E-state index in [2.05, 4.69) is 58.0 Å². The van der Waals surface area contributed by atoms with Gasteiger partial charge < -0.3 is 15.4 Å². The average molecular weight is 465 g/mol. The van der Waals surface area contributed by atoms with Crippen LogP contribution in [0.4, 0.5) is 11.5 Å². The summed E-state index contributed by atoms with van der Waals surface area (Å²) in [6, 6.07) is 7.84. The van der Waals surface area contributed by atoms with Gasteiger partial charge in [0.25, 0.3) is 0 Å². The second kappa shape index (κ2) is 9.77. The van der Waals surface area contributed by atoms with Crippen LogP contribution in [-0.2, 0) is 4.74 Å². The summed E-state index contributed by atoms with van der Waals surface area (Å²) >= 11 is 9.75. The van der Waals surface area contributed by atoms with Gasteiger partial charge in [-0.2, -0.15) is 0 Å².